The fourth-order valence-corrected chi connectivity index (χ4v) is 3.65. The minimum Gasteiger partial charge on any atom is -0.379 e. The van der Waals surface area contributed by atoms with Crippen LogP contribution < -0.4 is 15.5 Å². The minimum atomic E-state index is -0.147. The van der Waals surface area contributed by atoms with Crippen LogP contribution in [0.25, 0.3) is 0 Å². The monoisotopic (exact) mass is 375 g/mol. The number of piperazine rings is 1. The van der Waals surface area contributed by atoms with E-state index >= 15 is 0 Å². The molecule has 0 bridgehead atoms. The molecular weight excluding hydrogens is 342 g/mol. The van der Waals surface area contributed by atoms with Crippen LogP contribution in [0.3, 0.4) is 0 Å². The maximum absolute atomic E-state index is 12.4. The van der Waals surface area contributed by atoms with Crippen molar-refractivity contribution in [1.29, 1.82) is 0 Å². The van der Waals surface area contributed by atoms with Crippen molar-refractivity contribution >= 4 is 17.4 Å². The molecule has 0 aliphatic carbocycles. The van der Waals surface area contributed by atoms with E-state index in [0.29, 0.717) is 0 Å². The number of aryl methyl sites for hydroxylation is 1. The predicted molar refractivity (Wildman–Crippen MR) is 110 cm³/mol. The molecule has 1 aromatic rings. The van der Waals surface area contributed by atoms with Crippen molar-refractivity contribution in [1.82, 2.24) is 15.1 Å². The lowest BCUT2D eigenvalue weighted by atomic mass is 10.1. The van der Waals surface area contributed by atoms with Gasteiger partial charge in [0.2, 0.25) is 0 Å². The lowest BCUT2D eigenvalue weighted by molar-refractivity contribution is 0.0350. The SMILES string of the molecule is Cc1cc(N2CCN(C)CC2)ccc1NC(=O)N[C@@H](C)CN1CCOCC1. The number of benzene rings is 1. The van der Waals surface area contributed by atoms with Crippen molar-refractivity contribution in [2.75, 3.05) is 76.3 Å². The molecule has 7 heteroatoms. The normalized spacial score (nSPS) is 20.3. The number of hydrogen-bond acceptors (Lipinski definition) is 5. The van der Waals surface area contributed by atoms with Crippen LogP contribution in [0.4, 0.5) is 16.2 Å². The standard InChI is InChI=1S/C20H33N5O2/c1-16-14-18(25-8-6-23(3)7-9-25)4-5-19(16)22-20(26)21-17(2)15-24-10-12-27-13-11-24/h4-5,14,17H,6-13,15H2,1-3H3,(H2,21,22,26)/t17-/m0/s1. The number of urea groups is 1. The Morgan fingerprint density at radius 3 is 2.52 bits per heavy atom. The molecule has 2 fully saturated rings. The minimum absolute atomic E-state index is 0.0908. The van der Waals surface area contributed by atoms with Gasteiger partial charge in [-0.15, -0.1) is 0 Å². The summed E-state index contributed by atoms with van der Waals surface area (Å²) < 4.78 is 5.37. The van der Waals surface area contributed by atoms with E-state index in [-0.39, 0.29) is 12.1 Å². The first-order valence-electron chi connectivity index (χ1n) is 9.93. The van der Waals surface area contributed by atoms with Crippen molar-refractivity contribution < 1.29 is 9.53 Å². The third-order valence-electron chi connectivity index (χ3n) is 5.34. The largest absolute Gasteiger partial charge is 0.379 e. The van der Waals surface area contributed by atoms with Gasteiger partial charge in [-0.3, -0.25) is 4.90 Å². The number of nitrogens with zero attached hydrogens (tertiary/aromatic N) is 3. The summed E-state index contributed by atoms with van der Waals surface area (Å²) in [5.74, 6) is 0. The Kier molecular flexibility index (Phi) is 6.93. The highest BCUT2D eigenvalue weighted by Gasteiger charge is 2.17. The molecule has 2 aliphatic heterocycles. The van der Waals surface area contributed by atoms with E-state index in [0.717, 1.165) is 70.3 Å². The van der Waals surface area contributed by atoms with Crippen LogP contribution in [0.2, 0.25) is 0 Å². The molecule has 1 atom stereocenters. The van der Waals surface area contributed by atoms with Gasteiger partial charge >= 0.3 is 6.03 Å². The van der Waals surface area contributed by atoms with Crippen molar-refractivity contribution in [2.24, 2.45) is 0 Å². The molecule has 27 heavy (non-hydrogen) atoms. The van der Waals surface area contributed by atoms with Gasteiger partial charge < -0.3 is 25.2 Å². The van der Waals surface area contributed by atoms with E-state index in [4.69, 9.17) is 4.74 Å². The lowest BCUT2D eigenvalue weighted by Crippen LogP contribution is -2.47. The first kappa shape index (κ1) is 19.9. The zero-order valence-electron chi connectivity index (χ0n) is 16.8. The Labute approximate surface area is 162 Å². The zero-order chi connectivity index (χ0) is 19.2. The summed E-state index contributed by atoms with van der Waals surface area (Å²) in [6.07, 6.45) is 0. The highest BCUT2D eigenvalue weighted by molar-refractivity contribution is 5.90. The van der Waals surface area contributed by atoms with E-state index in [1.165, 1.54) is 5.69 Å². The first-order chi connectivity index (χ1) is 13.0. The van der Waals surface area contributed by atoms with E-state index in [9.17, 15) is 4.79 Å². The molecule has 7 nitrogen and oxygen atoms in total. The molecule has 2 saturated heterocycles. The van der Waals surface area contributed by atoms with Crippen molar-refractivity contribution in [3.8, 4) is 0 Å². The Morgan fingerprint density at radius 2 is 1.85 bits per heavy atom. The zero-order valence-corrected chi connectivity index (χ0v) is 16.8. The fraction of sp³-hybridized carbons (Fsp3) is 0.650. The number of hydrogen-bond donors (Lipinski definition) is 2. The number of carbonyl (C=O) groups excluding carboxylic acids is 1. The lowest BCUT2D eigenvalue weighted by Gasteiger charge is -2.34. The third-order valence-corrected chi connectivity index (χ3v) is 5.34. The number of rotatable bonds is 5. The molecule has 0 spiro atoms. The number of amides is 2. The van der Waals surface area contributed by atoms with Crippen LogP contribution in [0.1, 0.15) is 12.5 Å². The van der Waals surface area contributed by atoms with Crippen molar-refractivity contribution in [3.05, 3.63) is 23.8 Å². The summed E-state index contributed by atoms with van der Waals surface area (Å²) >= 11 is 0. The van der Waals surface area contributed by atoms with Gasteiger partial charge in [0.1, 0.15) is 0 Å². The number of likely N-dealkylation sites (N-methyl/N-ethyl adjacent to an activating group) is 1. The fourth-order valence-electron chi connectivity index (χ4n) is 3.65. The predicted octanol–water partition coefficient (Wildman–Crippen LogP) is 1.59. The summed E-state index contributed by atoms with van der Waals surface area (Å²) in [4.78, 5) is 19.4. The van der Waals surface area contributed by atoms with E-state index in [2.05, 4.69) is 44.5 Å². The molecule has 2 heterocycles. The molecule has 0 aromatic heterocycles. The molecule has 0 radical (unpaired) electrons. The molecule has 3 rings (SSSR count). The third kappa shape index (κ3) is 5.82. The molecular formula is C20H33N5O2. The summed E-state index contributed by atoms with van der Waals surface area (Å²) in [6, 6.07) is 6.22. The Bertz CT molecular complexity index is 625. The van der Waals surface area contributed by atoms with Crippen molar-refractivity contribution in [2.45, 2.75) is 19.9 Å². The average Bonchev–Trinajstić information content (AvgIpc) is 2.64. The molecule has 2 aliphatic rings. The van der Waals surface area contributed by atoms with E-state index in [1.807, 2.05) is 19.9 Å². The number of morpholine rings is 1. The van der Waals surface area contributed by atoms with Gasteiger partial charge in [-0.1, -0.05) is 0 Å². The molecule has 0 unspecified atom stereocenters. The number of ether oxygens (including phenoxy) is 1. The second-order valence-corrected chi connectivity index (χ2v) is 7.70. The number of nitrogens with one attached hydrogen (secondary N) is 2. The van der Waals surface area contributed by atoms with Crippen LogP contribution >= 0.6 is 0 Å². The highest BCUT2D eigenvalue weighted by atomic mass is 16.5. The molecule has 2 N–H and O–H groups in total. The summed E-state index contributed by atoms with van der Waals surface area (Å²) in [6.45, 7) is 12.6. The van der Waals surface area contributed by atoms with Gasteiger partial charge in [0.05, 0.1) is 13.2 Å². The van der Waals surface area contributed by atoms with Gasteiger partial charge in [0.15, 0.2) is 0 Å². The van der Waals surface area contributed by atoms with Crippen LogP contribution in [-0.4, -0.2) is 87.9 Å². The van der Waals surface area contributed by atoms with Crippen LogP contribution in [0.15, 0.2) is 18.2 Å². The second kappa shape index (κ2) is 9.39. The Hall–Kier alpha value is -1.83. The van der Waals surface area contributed by atoms with Crippen LogP contribution in [0.5, 0.6) is 0 Å². The second-order valence-electron chi connectivity index (χ2n) is 7.70. The molecule has 2 amide bonds. The van der Waals surface area contributed by atoms with Crippen molar-refractivity contribution in [3.63, 3.8) is 0 Å². The Morgan fingerprint density at radius 1 is 1.15 bits per heavy atom. The quantitative estimate of drug-likeness (QED) is 0.818. The molecule has 1 aromatic carbocycles. The molecule has 0 saturated carbocycles. The summed E-state index contributed by atoms with van der Waals surface area (Å²) in [5.41, 5.74) is 3.18. The van der Waals surface area contributed by atoms with E-state index < -0.39 is 0 Å². The summed E-state index contributed by atoms with van der Waals surface area (Å²) in [7, 11) is 2.16. The number of anilines is 2. The van der Waals surface area contributed by atoms with Gasteiger partial charge in [0, 0.05) is 63.2 Å². The smallest absolute Gasteiger partial charge is 0.319 e. The Balaban J connectivity index is 1.50. The van der Waals surface area contributed by atoms with Gasteiger partial charge in [-0.05, 0) is 44.7 Å². The maximum atomic E-state index is 12.4. The highest BCUT2D eigenvalue weighted by Crippen LogP contribution is 2.23. The maximum Gasteiger partial charge on any atom is 0.319 e. The topological polar surface area (TPSA) is 60.1 Å². The first-order valence-corrected chi connectivity index (χ1v) is 9.93. The molecule has 150 valence electrons. The van der Waals surface area contributed by atoms with Gasteiger partial charge in [-0.25, -0.2) is 4.79 Å². The van der Waals surface area contributed by atoms with Gasteiger partial charge in [0.25, 0.3) is 0 Å². The van der Waals surface area contributed by atoms with E-state index in [1.54, 1.807) is 0 Å². The van der Waals surface area contributed by atoms with Crippen LogP contribution in [0, 0.1) is 6.92 Å². The summed E-state index contributed by atoms with van der Waals surface area (Å²) in [5, 5.41) is 6.03. The number of carbonyl (C=O) groups is 1. The average molecular weight is 376 g/mol. The van der Waals surface area contributed by atoms with Crippen LogP contribution in [-0.2, 0) is 4.74 Å². The van der Waals surface area contributed by atoms with Gasteiger partial charge in [-0.2, -0.15) is 0 Å².